The molecule has 0 spiro atoms. The fraction of sp³-hybridized carbons (Fsp3) is 0.219. The number of anilines is 1. The second kappa shape index (κ2) is 11.0. The maximum absolute atomic E-state index is 11.9. The Morgan fingerprint density at radius 3 is 2.82 bits per heavy atom. The van der Waals surface area contributed by atoms with Crippen LogP contribution in [0, 0.1) is 0 Å². The molecular weight excluding hydrogens is 490 g/mol. The first-order valence-corrected chi connectivity index (χ1v) is 13.2. The second-order valence-electron chi connectivity index (χ2n) is 9.81. The summed E-state index contributed by atoms with van der Waals surface area (Å²) in [5, 5.41) is 14.0. The van der Waals surface area contributed by atoms with E-state index in [-0.39, 0.29) is 6.42 Å². The molecule has 4 heterocycles. The minimum absolute atomic E-state index is 0.0740. The third-order valence-corrected chi connectivity index (χ3v) is 7.18. The van der Waals surface area contributed by atoms with Gasteiger partial charge >= 0.3 is 5.97 Å². The normalized spacial score (nSPS) is 13.4. The Kier molecular flexibility index (Phi) is 6.95. The van der Waals surface area contributed by atoms with Crippen LogP contribution in [0.3, 0.4) is 0 Å². The first-order valence-electron chi connectivity index (χ1n) is 13.2. The number of aryl methyl sites for hydroxylation is 1. The van der Waals surface area contributed by atoms with Gasteiger partial charge in [-0.15, -0.1) is 0 Å². The number of nitrogens with zero attached hydrogens (tertiary/aromatic N) is 2. The molecular formula is C32H29N3O4. The lowest BCUT2D eigenvalue weighted by atomic mass is 9.88. The van der Waals surface area contributed by atoms with Crippen LogP contribution in [0.15, 0.2) is 89.8 Å². The van der Waals surface area contributed by atoms with E-state index in [0.717, 1.165) is 58.5 Å². The minimum atomic E-state index is -0.884. The van der Waals surface area contributed by atoms with Crippen molar-refractivity contribution in [3.8, 4) is 16.9 Å². The van der Waals surface area contributed by atoms with Gasteiger partial charge in [0.2, 0.25) is 0 Å². The predicted molar refractivity (Wildman–Crippen MR) is 150 cm³/mol. The molecule has 0 fully saturated rings. The molecule has 1 atom stereocenters. The Balaban J connectivity index is 1.21. The molecule has 7 nitrogen and oxygen atoms in total. The fourth-order valence-electron chi connectivity index (χ4n) is 5.19. The number of carboxylic acids is 1. The van der Waals surface area contributed by atoms with Crippen molar-refractivity contribution in [2.24, 2.45) is 0 Å². The van der Waals surface area contributed by atoms with Crippen LogP contribution in [-0.2, 0) is 17.6 Å². The van der Waals surface area contributed by atoms with Crippen molar-refractivity contribution >= 4 is 22.8 Å². The average molecular weight is 520 g/mol. The average Bonchev–Trinajstić information content (AvgIpc) is 3.39. The molecule has 0 saturated heterocycles. The van der Waals surface area contributed by atoms with Crippen LogP contribution >= 0.6 is 0 Å². The van der Waals surface area contributed by atoms with Gasteiger partial charge < -0.3 is 19.6 Å². The topological polar surface area (TPSA) is 97.5 Å². The van der Waals surface area contributed by atoms with E-state index in [9.17, 15) is 9.90 Å². The number of hydrogen-bond donors (Lipinski definition) is 2. The van der Waals surface area contributed by atoms with Crippen LogP contribution in [0.5, 0.6) is 5.75 Å². The van der Waals surface area contributed by atoms with Gasteiger partial charge in [-0.25, -0.2) is 4.98 Å². The lowest BCUT2D eigenvalue weighted by Crippen LogP contribution is -2.14. The van der Waals surface area contributed by atoms with E-state index in [0.29, 0.717) is 24.4 Å². The molecule has 196 valence electrons. The van der Waals surface area contributed by atoms with Gasteiger partial charge in [0.25, 0.3) is 0 Å². The zero-order valence-electron chi connectivity index (χ0n) is 21.5. The number of hydrogen-bond acceptors (Lipinski definition) is 6. The summed E-state index contributed by atoms with van der Waals surface area (Å²) < 4.78 is 11.9. The van der Waals surface area contributed by atoms with Crippen LogP contribution in [0.25, 0.3) is 22.1 Å². The van der Waals surface area contributed by atoms with Crippen molar-refractivity contribution in [2.75, 3.05) is 18.5 Å². The second-order valence-corrected chi connectivity index (χ2v) is 9.81. The van der Waals surface area contributed by atoms with Gasteiger partial charge in [0.05, 0.1) is 19.3 Å². The highest BCUT2D eigenvalue weighted by molar-refractivity contribution is 5.84. The summed E-state index contributed by atoms with van der Waals surface area (Å²) in [7, 11) is 0. The number of aromatic nitrogens is 2. The number of aliphatic carboxylic acids is 1. The van der Waals surface area contributed by atoms with E-state index < -0.39 is 11.9 Å². The zero-order chi connectivity index (χ0) is 26.6. The molecule has 1 aliphatic rings. The summed E-state index contributed by atoms with van der Waals surface area (Å²) in [5.41, 5.74) is 6.53. The summed E-state index contributed by atoms with van der Waals surface area (Å²) in [4.78, 5) is 21.0. The maximum Gasteiger partial charge on any atom is 0.304 e. The van der Waals surface area contributed by atoms with Gasteiger partial charge in [-0.3, -0.25) is 9.78 Å². The molecule has 0 radical (unpaired) electrons. The van der Waals surface area contributed by atoms with Gasteiger partial charge in [-0.1, -0.05) is 36.4 Å². The smallest absolute Gasteiger partial charge is 0.304 e. The minimum Gasteiger partial charge on any atom is -0.493 e. The van der Waals surface area contributed by atoms with E-state index in [1.165, 1.54) is 5.56 Å². The number of carbonyl (C=O) groups is 1. The SMILES string of the molecule is O=C(O)CC(c1cncc(-c2ccccc2)c1)c1coc2cc(OCCc3ccc4c(n3)NCCC4)ccc12. The molecule has 2 N–H and O–H groups in total. The zero-order valence-corrected chi connectivity index (χ0v) is 21.5. The molecule has 0 amide bonds. The fourth-order valence-corrected chi connectivity index (χ4v) is 5.19. The quantitative estimate of drug-likeness (QED) is 0.230. The molecule has 3 aromatic heterocycles. The maximum atomic E-state index is 11.9. The van der Waals surface area contributed by atoms with Gasteiger partial charge in [-0.2, -0.15) is 0 Å². The van der Waals surface area contributed by atoms with Crippen molar-refractivity contribution in [1.82, 2.24) is 9.97 Å². The molecule has 0 bridgehead atoms. The number of furan rings is 1. The first-order chi connectivity index (χ1) is 19.1. The van der Waals surface area contributed by atoms with Crippen molar-refractivity contribution in [2.45, 2.75) is 31.6 Å². The van der Waals surface area contributed by atoms with Crippen LogP contribution in [0.1, 0.15) is 41.1 Å². The number of rotatable bonds is 9. The molecule has 2 aromatic carbocycles. The number of pyridine rings is 2. The summed E-state index contributed by atoms with van der Waals surface area (Å²) in [6.45, 7) is 1.46. The molecule has 5 aromatic rings. The summed E-state index contributed by atoms with van der Waals surface area (Å²) in [6, 6.07) is 21.9. The first kappa shape index (κ1) is 24.7. The molecule has 1 unspecified atom stereocenters. The molecule has 7 heteroatoms. The Morgan fingerprint density at radius 2 is 1.95 bits per heavy atom. The van der Waals surface area contributed by atoms with E-state index in [4.69, 9.17) is 14.1 Å². The molecule has 0 saturated carbocycles. The van der Waals surface area contributed by atoms with Crippen molar-refractivity contribution < 1.29 is 19.1 Å². The van der Waals surface area contributed by atoms with Crippen molar-refractivity contribution in [3.63, 3.8) is 0 Å². The number of ether oxygens (including phenoxy) is 1. The Morgan fingerprint density at radius 1 is 1.05 bits per heavy atom. The highest BCUT2D eigenvalue weighted by Gasteiger charge is 2.23. The highest BCUT2D eigenvalue weighted by atomic mass is 16.5. The number of fused-ring (bicyclic) bond motifs is 2. The monoisotopic (exact) mass is 519 g/mol. The molecule has 6 rings (SSSR count). The lowest BCUT2D eigenvalue weighted by molar-refractivity contribution is -0.137. The van der Waals surface area contributed by atoms with Crippen LogP contribution in [0.4, 0.5) is 5.82 Å². The van der Waals surface area contributed by atoms with E-state index in [2.05, 4.69) is 22.4 Å². The predicted octanol–water partition coefficient (Wildman–Crippen LogP) is 6.48. The number of carboxylic acid groups (broad SMARTS) is 1. The highest BCUT2D eigenvalue weighted by Crippen LogP contribution is 2.37. The summed E-state index contributed by atoms with van der Waals surface area (Å²) in [5.74, 6) is 0.395. The van der Waals surface area contributed by atoms with Crippen molar-refractivity contribution in [3.05, 3.63) is 108 Å². The van der Waals surface area contributed by atoms with Gasteiger partial charge in [0, 0.05) is 59.6 Å². The molecule has 39 heavy (non-hydrogen) atoms. The van der Waals surface area contributed by atoms with E-state index in [1.807, 2.05) is 54.6 Å². The van der Waals surface area contributed by atoms with E-state index >= 15 is 0 Å². The van der Waals surface area contributed by atoms with Crippen molar-refractivity contribution in [1.29, 1.82) is 0 Å². The Hall–Kier alpha value is -4.65. The Bertz CT molecular complexity index is 1610. The lowest BCUT2D eigenvalue weighted by Gasteiger charge is -2.17. The van der Waals surface area contributed by atoms with Gasteiger partial charge in [0.15, 0.2) is 0 Å². The summed E-state index contributed by atoms with van der Waals surface area (Å²) >= 11 is 0. The van der Waals surface area contributed by atoms with Crippen LogP contribution in [-0.4, -0.2) is 34.2 Å². The van der Waals surface area contributed by atoms with Crippen LogP contribution in [0.2, 0.25) is 0 Å². The van der Waals surface area contributed by atoms with Crippen LogP contribution < -0.4 is 10.1 Å². The number of nitrogens with one attached hydrogen (secondary N) is 1. The largest absolute Gasteiger partial charge is 0.493 e. The summed E-state index contributed by atoms with van der Waals surface area (Å²) in [6.07, 6.45) is 8.02. The molecule has 1 aliphatic heterocycles. The third-order valence-electron chi connectivity index (χ3n) is 7.18. The number of benzene rings is 2. The standard InChI is InChI=1S/C32H29N3O4/c36-31(37)17-28(24-15-23(18-33-19-24)21-5-2-1-3-6-21)29-20-39-30-16-26(10-11-27(29)30)38-14-12-25-9-8-22-7-4-13-34-32(22)35-25/h1-3,5-6,8-11,15-16,18-20,28H,4,7,12-14,17H2,(H,34,35)(H,36,37). The van der Waals surface area contributed by atoms with Gasteiger partial charge in [-0.05, 0) is 53.8 Å². The Labute approximate surface area is 226 Å². The molecule has 0 aliphatic carbocycles. The van der Waals surface area contributed by atoms with Gasteiger partial charge in [0.1, 0.15) is 17.2 Å². The van der Waals surface area contributed by atoms with E-state index in [1.54, 1.807) is 18.7 Å². The third kappa shape index (κ3) is 5.48.